The van der Waals surface area contributed by atoms with Crippen LogP contribution in [0.1, 0.15) is 38.7 Å². The molecule has 0 N–H and O–H groups in total. The van der Waals surface area contributed by atoms with Gasteiger partial charge in [-0.1, -0.05) is 48.3 Å². The molecule has 94 valence electrons. The Balaban J connectivity index is 2.01. The fraction of sp³-hybridized carbons (Fsp3) is 0.600. The summed E-state index contributed by atoms with van der Waals surface area (Å²) in [6.45, 7) is 4.73. The van der Waals surface area contributed by atoms with Gasteiger partial charge in [0, 0.05) is 4.83 Å². The molecule has 0 aromatic heterocycles. The van der Waals surface area contributed by atoms with Gasteiger partial charge in [0.05, 0.1) is 0 Å². The lowest BCUT2D eigenvalue weighted by Gasteiger charge is -2.31. The molecule has 0 bridgehead atoms. The van der Waals surface area contributed by atoms with E-state index in [9.17, 15) is 4.39 Å². The van der Waals surface area contributed by atoms with Crippen molar-refractivity contribution in [3.8, 4) is 0 Å². The van der Waals surface area contributed by atoms with Crippen LogP contribution in [0.4, 0.5) is 4.39 Å². The predicted octanol–water partition coefficient (Wildman–Crippen LogP) is 4.96. The molecule has 2 atom stereocenters. The SMILES string of the molecule is CC1(C)CCCC1C(Br)Cc1ccc(F)cc1. The van der Waals surface area contributed by atoms with Crippen LogP contribution < -0.4 is 0 Å². The summed E-state index contributed by atoms with van der Waals surface area (Å²) in [5, 5.41) is 0. The molecule has 1 saturated carbocycles. The Hall–Kier alpha value is -0.370. The average molecular weight is 299 g/mol. The minimum atomic E-state index is -0.152. The fourth-order valence-electron chi connectivity index (χ4n) is 3.01. The first-order valence-corrected chi connectivity index (χ1v) is 7.29. The van der Waals surface area contributed by atoms with Gasteiger partial charge >= 0.3 is 0 Å². The van der Waals surface area contributed by atoms with Gasteiger partial charge in [0.2, 0.25) is 0 Å². The van der Waals surface area contributed by atoms with Crippen molar-refractivity contribution >= 4 is 15.9 Å². The fourth-order valence-corrected chi connectivity index (χ4v) is 4.37. The molecule has 0 amide bonds. The second-order valence-corrected chi connectivity index (χ2v) is 7.01. The van der Waals surface area contributed by atoms with Gasteiger partial charge in [0.1, 0.15) is 5.82 Å². The van der Waals surface area contributed by atoms with Gasteiger partial charge in [0.25, 0.3) is 0 Å². The molecule has 1 fully saturated rings. The van der Waals surface area contributed by atoms with Crippen molar-refractivity contribution in [2.24, 2.45) is 11.3 Å². The zero-order valence-corrected chi connectivity index (χ0v) is 12.1. The second-order valence-electron chi connectivity index (χ2n) is 5.83. The van der Waals surface area contributed by atoms with Crippen LogP contribution in [-0.4, -0.2) is 4.83 Å². The van der Waals surface area contributed by atoms with E-state index in [0.29, 0.717) is 10.2 Å². The normalized spacial score (nSPS) is 24.8. The maximum Gasteiger partial charge on any atom is 0.123 e. The average Bonchev–Trinajstić information content (AvgIpc) is 2.61. The van der Waals surface area contributed by atoms with E-state index >= 15 is 0 Å². The third-order valence-corrected chi connectivity index (χ3v) is 5.08. The largest absolute Gasteiger partial charge is 0.207 e. The molecule has 0 nitrogen and oxygen atoms in total. The smallest absolute Gasteiger partial charge is 0.123 e. The molecular formula is C15H20BrF. The molecule has 1 aromatic carbocycles. The van der Waals surface area contributed by atoms with E-state index < -0.39 is 0 Å². The topological polar surface area (TPSA) is 0 Å². The molecular weight excluding hydrogens is 279 g/mol. The highest BCUT2D eigenvalue weighted by Gasteiger charge is 2.38. The van der Waals surface area contributed by atoms with E-state index in [2.05, 4.69) is 29.8 Å². The van der Waals surface area contributed by atoms with Crippen LogP contribution in [0.3, 0.4) is 0 Å². The predicted molar refractivity (Wildman–Crippen MR) is 73.9 cm³/mol. The number of hydrogen-bond acceptors (Lipinski definition) is 0. The lowest BCUT2D eigenvalue weighted by Crippen LogP contribution is -2.27. The van der Waals surface area contributed by atoms with Crippen LogP contribution in [0.15, 0.2) is 24.3 Å². The van der Waals surface area contributed by atoms with Gasteiger partial charge in [-0.15, -0.1) is 0 Å². The van der Waals surface area contributed by atoms with Gasteiger partial charge in [-0.05, 0) is 48.3 Å². The Morgan fingerprint density at radius 3 is 2.53 bits per heavy atom. The van der Waals surface area contributed by atoms with Crippen molar-refractivity contribution in [3.05, 3.63) is 35.6 Å². The van der Waals surface area contributed by atoms with E-state index in [1.54, 1.807) is 12.1 Å². The third kappa shape index (κ3) is 3.09. The molecule has 0 radical (unpaired) electrons. The Labute approximate surface area is 112 Å². The maximum absolute atomic E-state index is 12.8. The summed E-state index contributed by atoms with van der Waals surface area (Å²) in [7, 11) is 0. The summed E-state index contributed by atoms with van der Waals surface area (Å²) in [5.74, 6) is 0.577. The first-order valence-electron chi connectivity index (χ1n) is 6.37. The Bertz CT molecular complexity index is 369. The van der Waals surface area contributed by atoms with Gasteiger partial charge in [-0.3, -0.25) is 0 Å². The molecule has 2 unspecified atom stereocenters. The highest BCUT2D eigenvalue weighted by atomic mass is 79.9. The highest BCUT2D eigenvalue weighted by Crippen LogP contribution is 2.46. The first-order chi connectivity index (χ1) is 7.99. The van der Waals surface area contributed by atoms with E-state index in [4.69, 9.17) is 0 Å². The van der Waals surface area contributed by atoms with Crippen molar-refractivity contribution in [2.45, 2.75) is 44.4 Å². The molecule has 1 aliphatic carbocycles. The van der Waals surface area contributed by atoms with E-state index in [1.807, 2.05) is 12.1 Å². The molecule has 0 aliphatic heterocycles. The minimum Gasteiger partial charge on any atom is -0.207 e. The van der Waals surface area contributed by atoms with Gasteiger partial charge in [-0.2, -0.15) is 0 Å². The van der Waals surface area contributed by atoms with E-state index in [-0.39, 0.29) is 5.82 Å². The molecule has 17 heavy (non-hydrogen) atoms. The summed E-state index contributed by atoms with van der Waals surface area (Å²) < 4.78 is 12.8. The van der Waals surface area contributed by atoms with Crippen LogP contribution in [0, 0.1) is 17.2 Å². The standard InChI is InChI=1S/C15H20BrF/c1-15(2)9-3-4-13(15)14(16)10-11-5-7-12(17)8-6-11/h5-8,13-14H,3-4,9-10H2,1-2H3. The van der Waals surface area contributed by atoms with Crippen LogP contribution in [0.2, 0.25) is 0 Å². The molecule has 2 heteroatoms. The zero-order valence-electron chi connectivity index (χ0n) is 10.5. The number of hydrogen-bond donors (Lipinski definition) is 0. The van der Waals surface area contributed by atoms with Crippen LogP contribution in [-0.2, 0) is 6.42 Å². The summed E-state index contributed by atoms with van der Waals surface area (Å²) in [6, 6.07) is 6.89. The Kier molecular flexibility index (Phi) is 3.92. The second kappa shape index (κ2) is 5.09. The zero-order chi connectivity index (χ0) is 12.5. The number of rotatable bonds is 3. The molecule has 0 spiro atoms. The molecule has 1 aliphatic rings. The quantitative estimate of drug-likeness (QED) is 0.692. The van der Waals surface area contributed by atoms with Gasteiger partial charge in [-0.25, -0.2) is 4.39 Å². The van der Waals surface area contributed by atoms with Crippen molar-refractivity contribution in [1.82, 2.24) is 0 Å². The van der Waals surface area contributed by atoms with Crippen molar-refractivity contribution < 1.29 is 4.39 Å². The minimum absolute atomic E-state index is 0.152. The summed E-state index contributed by atoms with van der Waals surface area (Å²) in [6.07, 6.45) is 4.96. The van der Waals surface area contributed by atoms with E-state index in [0.717, 1.165) is 12.3 Å². The molecule has 1 aromatic rings. The van der Waals surface area contributed by atoms with Crippen LogP contribution in [0.25, 0.3) is 0 Å². The highest BCUT2D eigenvalue weighted by molar-refractivity contribution is 9.09. The Morgan fingerprint density at radius 1 is 1.35 bits per heavy atom. The third-order valence-electron chi connectivity index (χ3n) is 4.12. The maximum atomic E-state index is 12.8. The summed E-state index contributed by atoms with van der Waals surface area (Å²) >= 11 is 3.84. The van der Waals surface area contributed by atoms with Crippen molar-refractivity contribution in [1.29, 1.82) is 0 Å². The lowest BCUT2D eigenvalue weighted by atomic mass is 9.79. The Morgan fingerprint density at radius 2 is 2.00 bits per heavy atom. The summed E-state index contributed by atoms with van der Waals surface area (Å²) in [5.41, 5.74) is 1.66. The number of alkyl halides is 1. The van der Waals surface area contributed by atoms with E-state index in [1.165, 1.54) is 24.8 Å². The van der Waals surface area contributed by atoms with Crippen molar-refractivity contribution in [3.63, 3.8) is 0 Å². The summed E-state index contributed by atoms with van der Waals surface area (Å²) in [4.78, 5) is 0.505. The van der Waals surface area contributed by atoms with Crippen LogP contribution in [0.5, 0.6) is 0 Å². The van der Waals surface area contributed by atoms with Gasteiger partial charge in [0.15, 0.2) is 0 Å². The molecule has 0 heterocycles. The molecule has 0 saturated heterocycles. The number of benzene rings is 1. The molecule has 2 rings (SSSR count). The first kappa shape index (κ1) is 13.1. The van der Waals surface area contributed by atoms with Crippen LogP contribution >= 0.6 is 15.9 Å². The van der Waals surface area contributed by atoms with Gasteiger partial charge < -0.3 is 0 Å². The lowest BCUT2D eigenvalue weighted by molar-refractivity contribution is 0.255. The van der Waals surface area contributed by atoms with Crippen molar-refractivity contribution in [2.75, 3.05) is 0 Å². The monoisotopic (exact) mass is 298 g/mol. The number of halogens is 2.